The van der Waals surface area contributed by atoms with E-state index in [9.17, 15) is 0 Å². The van der Waals surface area contributed by atoms with Gasteiger partial charge in [0.2, 0.25) is 0 Å². The molecule has 0 bridgehead atoms. The number of piperidine rings is 1. The number of rotatable bonds is 4. The molecule has 1 unspecified atom stereocenters. The van der Waals surface area contributed by atoms with Gasteiger partial charge in [0.05, 0.1) is 5.69 Å². The highest BCUT2D eigenvalue weighted by Gasteiger charge is 2.20. The van der Waals surface area contributed by atoms with Crippen molar-refractivity contribution in [3.05, 3.63) is 17.8 Å². The van der Waals surface area contributed by atoms with Crippen molar-refractivity contribution in [3.63, 3.8) is 0 Å². The molecular weight excluding hydrogens is 224 g/mol. The van der Waals surface area contributed by atoms with Crippen molar-refractivity contribution in [3.8, 4) is 0 Å². The van der Waals surface area contributed by atoms with Gasteiger partial charge < -0.3 is 10.2 Å². The van der Waals surface area contributed by atoms with Crippen LogP contribution in [0.25, 0.3) is 0 Å². The molecule has 0 saturated carbocycles. The third-order valence-electron chi connectivity index (χ3n) is 3.44. The second kappa shape index (κ2) is 6.14. The van der Waals surface area contributed by atoms with Gasteiger partial charge in [0, 0.05) is 19.1 Å². The van der Waals surface area contributed by atoms with Gasteiger partial charge in [-0.05, 0) is 44.4 Å². The topological polar surface area (TPSA) is 41.0 Å². The van der Waals surface area contributed by atoms with Crippen molar-refractivity contribution >= 4 is 5.82 Å². The van der Waals surface area contributed by atoms with E-state index in [1.165, 1.54) is 12.8 Å². The van der Waals surface area contributed by atoms with E-state index in [4.69, 9.17) is 0 Å². The smallest absolute Gasteiger partial charge is 0.151 e. The number of hydrogen-bond acceptors (Lipinski definition) is 4. The number of hydrogen-bond donors (Lipinski definition) is 1. The first kappa shape index (κ1) is 13.3. The summed E-state index contributed by atoms with van der Waals surface area (Å²) in [6.07, 6.45) is 2.56. The van der Waals surface area contributed by atoms with E-state index in [0.717, 1.165) is 37.1 Å². The highest BCUT2D eigenvalue weighted by molar-refractivity contribution is 5.37. The summed E-state index contributed by atoms with van der Waals surface area (Å²) in [7, 11) is 0. The quantitative estimate of drug-likeness (QED) is 0.885. The lowest BCUT2D eigenvalue weighted by atomic mass is 9.98. The Hall–Kier alpha value is -1.16. The summed E-state index contributed by atoms with van der Waals surface area (Å²) in [5.74, 6) is 1.75. The molecule has 1 aliphatic heterocycles. The molecule has 1 aromatic heterocycles. The third-order valence-corrected chi connectivity index (χ3v) is 3.44. The number of aromatic nitrogens is 2. The summed E-state index contributed by atoms with van der Waals surface area (Å²) in [6.45, 7) is 9.68. The van der Waals surface area contributed by atoms with Crippen molar-refractivity contribution in [2.24, 2.45) is 5.92 Å². The molecule has 0 radical (unpaired) electrons. The van der Waals surface area contributed by atoms with Crippen LogP contribution in [-0.4, -0.2) is 35.9 Å². The Morgan fingerprint density at radius 2 is 2.22 bits per heavy atom. The molecule has 0 aromatic carbocycles. The van der Waals surface area contributed by atoms with E-state index in [1.54, 1.807) is 0 Å². The Balaban J connectivity index is 1.91. The minimum absolute atomic E-state index is 0.569. The fourth-order valence-corrected chi connectivity index (χ4v) is 2.40. The molecule has 1 aliphatic rings. The second-order valence-electron chi connectivity index (χ2n) is 5.55. The Kier molecular flexibility index (Phi) is 4.53. The fraction of sp³-hybridized carbons (Fsp3) is 0.714. The number of nitrogens with zero attached hydrogens (tertiary/aromatic N) is 3. The van der Waals surface area contributed by atoms with Gasteiger partial charge in [0.25, 0.3) is 0 Å². The third kappa shape index (κ3) is 3.67. The van der Waals surface area contributed by atoms with Crippen LogP contribution in [-0.2, 0) is 0 Å². The zero-order chi connectivity index (χ0) is 13.0. The highest BCUT2D eigenvalue weighted by atomic mass is 15.3. The van der Waals surface area contributed by atoms with E-state index in [-0.39, 0.29) is 0 Å². The van der Waals surface area contributed by atoms with Crippen LogP contribution in [0, 0.1) is 12.8 Å². The average Bonchev–Trinajstić information content (AvgIpc) is 2.37. The first-order valence-corrected chi connectivity index (χ1v) is 6.94. The van der Waals surface area contributed by atoms with E-state index >= 15 is 0 Å². The van der Waals surface area contributed by atoms with Gasteiger partial charge >= 0.3 is 0 Å². The highest BCUT2D eigenvalue weighted by Crippen LogP contribution is 2.20. The number of aryl methyl sites for hydroxylation is 1. The Labute approximate surface area is 110 Å². The fourth-order valence-electron chi connectivity index (χ4n) is 2.40. The maximum atomic E-state index is 4.29. The Morgan fingerprint density at radius 3 is 2.89 bits per heavy atom. The molecule has 0 amide bonds. The lowest BCUT2D eigenvalue weighted by Gasteiger charge is -2.33. The van der Waals surface area contributed by atoms with Crippen LogP contribution >= 0.6 is 0 Å². The molecule has 1 atom stereocenters. The second-order valence-corrected chi connectivity index (χ2v) is 5.55. The molecule has 18 heavy (non-hydrogen) atoms. The maximum absolute atomic E-state index is 4.29. The van der Waals surface area contributed by atoms with Crippen LogP contribution in [0.2, 0.25) is 0 Å². The maximum Gasteiger partial charge on any atom is 0.151 e. The van der Waals surface area contributed by atoms with Gasteiger partial charge in [-0.1, -0.05) is 13.8 Å². The Bertz CT molecular complexity index is 361. The SMILES string of the molecule is Cc1ccc(N2CCCC(CNC(C)C)C2)nn1. The van der Waals surface area contributed by atoms with Gasteiger partial charge in [-0.3, -0.25) is 0 Å². The molecule has 1 saturated heterocycles. The van der Waals surface area contributed by atoms with Crippen LogP contribution in [0.15, 0.2) is 12.1 Å². The molecule has 4 nitrogen and oxygen atoms in total. The van der Waals surface area contributed by atoms with Crippen molar-refractivity contribution < 1.29 is 0 Å². The molecule has 1 aromatic rings. The Morgan fingerprint density at radius 1 is 1.39 bits per heavy atom. The normalized spacial score (nSPS) is 20.4. The molecule has 4 heteroatoms. The van der Waals surface area contributed by atoms with Crippen LogP contribution in [0.1, 0.15) is 32.4 Å². The van der Waals surface area contributed by atoms with E-state index in [2.05, 4.69) is 40.3 Å². The van der Waals surface area contributed by atoms with Gasteiger partial charge in [0.1, 0.15) is 0 Å². The predicted octanol–water partition coefficient (Wildman–Crippen LogP) is 2.00. The monoisotopic (exact) mass is 248 g/mol. The standard InChI is InChI=1S/C14H24N4/c1-11(2)15-9-13-5-4-8-18(10-13)14-7-6-12(3)16-17-14/h6-7,11,13,15H,4-5,8-10H2,1-3H3. The molecular formula is C14H24N4. The van der Waals surface area contributed by atoms with Crippen molar-refractivity contribution in [1.29, 1.82) is 0 Å². The molecule has 1 fully saturated rings. The van der Waals surface area contributed by atoms with Crippen molar-refractivity contribution in [1.82, 2.24) is 15.5 Å². The summed E-state index contributed by atoms with van der Waals surface area (Å²) in [5, 5.41) is 12.0. The molecule has 2 heterocycles. The average molecular weight is 248 g/mol. The predicted molar refractivity (Wildman–Crippen MR) is 74.8 cm³/mol. The summed E-state index contributed by atoms with van der Waals surface area (Å²) in [4.78, 5) is 2.36. The minimum Gasteiger partial charge on any atom is -0.355 e. The molecule has 0 aliphatic carbocycles. The lowest BCUT2D eigenvalue weighted by molar-refractivity contribution is 0.377. The summed E-state index contributed by atoms with van der Waals surface area (Å²) in [6, 6.07) is 4.69. The zero-order valence-electron chi connectivity index (χ0n) is 11.7. The van der Waals surface area contributed by atoms with Gasteiger partial charge in [-0.25, -0.2) is 0 Å². The van der Waals surface area contributed by atoms with E-state index < -0.39 is 0 Å². The van der Waals surface area contributed by atoms with E-state index in [1.807, 2.05) is 13.0 Å². The minimum atomic E-state index is 0.569. The van der Waals surface area contributed by atoms with Crippen LogP contribution in [0.3, 0.4) is 0 Å². The molecule has 0 spiro atoms. The summed E-state index contributed by atoms with van der Waals surface area (Å²) >= 11 is 0. The van der Waals surface area contributed by atoms with Crippen molar-refractivity contribution in [2.45, 2.75) is 39.7 Å². The van der Waals surface area contributed by atoms with Gasteiger partial charge in [-0.2, -0.15) is 5.10 Å². The molecule has 1 N–H and O–H groups in total. The lowest BCUT2D eigenvalue weighted by Crippen LogP contribution is -2.41. The molecule has 100 valence electrons. The van der Waals surface area contributed by atoms with Crippen LogP contribution in [0.5, 0.6) is 0 Å². The first-order valence-electron chi connectivity index (χ1n) is 6.94. The van der Waals surface area contributed by atoms with Crippen LogP contribution < -0.4 is 10.2 Å². The first-order chi connectivity index (χ1) is 8.65. The summed E-state index contributed by atoms with van der Waals surface area (Å²) < 4.78 is 0. The number of anilines is 1. The van der Waals surface area contributed by atoms with Gasteiger partial charge in [-0.15, -0.1) is 5.10 Å². The molecule has 2 rings (SSSR count). The van der Waals surface area contributed by atoms with Crippen LogP contribution in [0.4, 0.5) is 5.82 Å². The number of nitrogens with one attached hydrogen (secondary N) is 1. The largest absolute Gasteiger partial charge is 0.355 e. The van der Waals surface area contributed by atoms with E-state index in [0.29, 0.717) is 6.04 Å². The van der Waals surface area contributed by atoms with Gasteiger partial charge in [0.15, 0.2) is 5.82 Å². The van der Waals surface area contributed by atoms with Crippen molar-refractivity contribution in [2.75, 3.05) is 24.5 Å². The summed E-state index contributed by atoms with van der Waals surface area (Å²) in [5.41, 5.74) is 0.980. The zero-order valence-corrected chi connectivity index (χ0v) is 11.7.